The first kappa shape index (κ1) is 9.32. The van der Waals surface area contributed by atoms with Crippen LogP contribution in [0.4, 0.5) is 4.39 Å². The highest BCUT2D eigenvalue weighted by molar-refractivity contribution is 5.76. The third-order valence-corrected chi connectivity index (χ3v) is 0.867. The number of nitrogens with one attached hydrogen (secondary N) is 1. The van der Waals surface area contributed by atoms with E-state index in [4.69, 9.17) is 10.2 Å². The summed E-state index contributed by atoms with van der Waals surface area (Å²) in [6, 6.07) is 0. The number of aliphatic hydroxyl groups is 2. The Morgan fingerprint density at radius 3 is 2.70 bits per heavy atom. The molecule has 1 unspecified atom stereocenters. The highest BCUT2D eigenvalue weighted by Crippen LogP contribution is 1.76. The van der Waals surface area contributed by atoms with Crippen LogP contribution in [0.2, 0.25) is 0 Å². The summed E-state index contributed by atoms with van der Waals surface area (Å²) in [6.45, 7) is -1.65. The standard InChI is InChI=1S/C5H10FNO3/c6-1-5(10)7-2-4(9)3-8/h4,8-9H,1-3H2,(H,7,10). The smallest absolute Gasteiger partial charge is 0.251 e. The van der Waals surface area contributed by atoms with Gasteiger partial charge in [0.2, 0.25) is 0 Å². The predicted octanol–water partition coefficient (Wildman–Crippen LogP) is -1.57. The van der Waals surface area contributed by atoms with Gasteiger partial charge in [-0.05, 0) is 0 Å². The van der Waals surface area contributed by atoms with Crippen molar-refractivity contribution in [3.05, 3.63) is 0 Å². The predicted molar refractivity (Wildman–Crippen MR) is 32.1 cm³/mol. The number of carbonyl (C=O) groups excluding carboxylic acids is 1. The molecule has 0 aromatic heterocycles. The van der Waals surface area contributed by atoms with Gasteiger partial charge in [0.15, 0.2) is 6.67 Å². The van der Waals surface area contributed by atoms with Gasteiger partial charge in [-0.25, -0.2) is 4.39 Å². The summed E-state index contributed by atoms with van der Waals surface area (Å²) >= 11 is 0. The van der Waals surface area contributed by atoms with Crippen molar-refractivity contribution in [1.82, 2.24) is 5.32 Å². The number of aliphatic hydroxyl groups excluding tert-OH is 2. The lowest BCUT2D eigenvalue weighted by Crippen LogP contribution is -2.34. The van der Waals surface area contributed by atoms with Crippen molar-refractivity contribution < 1.29 is 19.4 Å². The Balaban J connectivity index is 3.26. The average molecular weight is 151 g/mol. The first-order valence-electron chi connectivity index (χ1n) is 2.82. The Hall–Kier alpha value is -0.680. The number of halogens is 1. The maximum absolute atomic E-state index is 11.4. The molecule has 60 valence electrons. The van der Waals surface area contributed by atoms with Crippen LogP contribution in [0.1, 0.15) is 0 Å². The molecule has 10 heavy (non-hydrogen) atoms. The molecular formula is C5H10FNO3. The van der Waals surface area contributed by atoms with Gasteiger partial charge in [0, 0.05) is 6.54 Å². The Bertz CT molecular complexity index is 109. The molecule has 0 saturated carbocycles. The molecule has 0 fully saturated rings. The summed E-state index contributed by atoms with van der Waals surface area (Å²) < 4.78 is 11.4. The average Bonchev–Trinajstić information content (AvgIpc) is 1.99. The van der Waals surface area contributed by atoms with E-state index in [1.165, 1.54) is 0 Å². The van der Waals surface area contributed by atoms with E-state index in [2.05, 4.69) is 5.32 Å². The molecule has 4 nitrogen and oxygen atoms in total. The zero-order valence-corrected chi connectivity index (χ0v) is 5.38. The summed E-state index contributed by atoms with van der Waals surface area (Å²) in [5, 5.41) is 18.9. The molecule has 5 heteroatoms. The van der Waals surface area contributed by atoms with E-state index < -0.39 is 25.3 Å². The molecule has 0 aromatic rings. The lowest BCUT2D eigenvalue weighted by atomic mass is 10.4. The fourth-order valence-electron chi connectivity index (χ4n) is 0.343. The molecule has 1 amide bonds. The second-order valence-electron chi connectivity index (χ2n) is 1.77. The largest absolute Gasteiger partial charge is 0.394 e. The summed E-state index contributed by atoms with van der Waals surface area (Å²) in [6.07, 6.45) is -1.00. The van der Waals surface area contributed by atoms with Crippen LogP contribution in [0.25, 0.3) is 0 Å². The van der Waals surface area contributed by atoms with E-state index in [9.17, 15) is 9.18 Å². The molecule has 3 N–H and O–H groups in total. The topological polar surface area (TPSA) is 69.6 Å². The van der Waals surface area contributed by atoms with Crippen molar-refractivity contribution in [2.45, 2.75) is 6.10 Å². The van der Waals surface area contributed by atoms with Gasteiger partial charge in [-0.2, -0.15) is 0 Å². The second-order valence-corrected chi connectivity index (χ2v) is 1.77. The molecule has 0 aliphatic heterocycles. The van der Waals surface area contributed by atoms with Crippen molar-refractivity contribution in [2.24, 2.45) is 0 Å². The van der Waals surface area contributed by atoms with Crippen molar-refractivity contribution >= 4 is 5.91 Å². The molecule has 0 aliphatic rings. The second kappa shape index (κ2) is 5.13. The van der Waals surface area contributed by atoms with Gasteiger partial charge in [-0.15, -0.1) is 0 Å². The molecule has 0 bridgehead atoms. The first-order valence-corrected chi connectivity index (χ1v) is 2.82. The van der Waals surface area contributed by atoms with Crippen LogP contribution in [0, 0.1) is 0 Å². The number of alkyl halides is 1. The Kier molecular flexibility index (Phi) is 4.78. The van der Waals surface area contributed by atoms with Crippen molar-refractivity contribution in [1.29, 1.82) is 0 Å². The monoisotopic (exact) mass is 151 g/mol. The Morgan fingerprint density at radius 1 is 1.70 bits per heavy atom. The van der Waals surface area contributed by atoms with Gasteiger partial charge >= 0.3 is 0 Å². The first-order chi connectivity index (χ1) is 4.70. The maximum atomic E-state index is 11.4. The fourth-order valence-corrected chi connectivity index (χ4v) is 0.343. The van der Waals surface area contributed by atoms with Crippen molar-refractivity contribution in [3.63, 3.8) is 0 Å². The SMILES string of the molecule is O=C(CF)NCC(O)CO. The molecular weight excluding hydrogens is 141 g/mol. The molecule has 0 aliphatic carbocycles. The van der Waals surface area contributed by atoms with Crippen LogP contribution >= 0.6 is 0 Å². The van der Waals surface area contributed by atoms with Crippen LogP contribution in [0.3, 0.4) is 0 Å². The minimum absolute atomic E-state index is 0.112. The third-order valence-electron chi connectivity index (χ3n) is 0.867. The van der Waals surface area contributed by atoms with Crippen LogP contribution < -0.4 is 5.32 Å². The van der Waals surface area contributed by atoms with Gasteiger partial charge in [-0.1, -0.05) is 0 Å². The highest BCUT2D eigenvalue weighted by Gasteiger charge is 2.03. The van der Waals surface area contributed by atoms with Gasteiger partial charge in [0.25, 0.3) is 5.91 Å². The molecule has 0 rings (SSSR count). The highest BCUT2D eigenvalue weighted by atomic mass is 19.1. The fraction of sp³-hybridized carbons (Fsp3) is 0.800. The number of carbonyl (C=O) groups is 1. The molecule has 0 radical (unpaired) electrons. The summed E-state index contributed by atoms with van der Waals surface area (Å²) in [7, 11) is 0. The Morgan fingerprint density at radius 2 is 2.30 bits per heavy atom. The van der Waals surface area contributed by atoms with Crippen LogP contribution in [-0.2, 0) is 4.79 Å². The normalized spacial score (nSPS) is 12.7. The number of amides is 1. The van der Waals surface area contributed by atoms with E-state index in [0.29, 0.717) is 0 Å². The van der Waals surface area contributed by atoms with E-state index in [1.807, 2.05) is 0 Å². The quantitative estimate of drug-likeness (QED) is 0.454. The van der Waals surface area contributed by atoms with Crippen molar-refractivity contribution in [2.75, 3.05) is 19.8 Å². The number of hydrogen-bond acceptors (Lipinski definition) is 3. The van der Waals surface area contributed by atoms with E-state index in [0.717, 1.165) is 0 Å². The summed E-state index contributed by atoms with van der Waals surface area (Å²) in [4.78, 5) is 10.2. The number of hydrogen-bond donors (Lipinski definition) is 3. The van der Waals surface area contributed by atoms with E-state index in [1.54, 1.807) is 0 Å². The minimum atomic E-state index is -1.10. The molecule has 0 heterocycles. The van der Waals surface area contributed by atoms with Crippen LogP contribution in [-0.4, -0.2) is 42.1 Å². The minimum Gasteiger partial charge on any atom is -0.394 e. The van der Waals surface area contributed by atoms with Crippen LogP contribution in [0.15, 0.2) is 0 Å². The molecule has 0 spiro atoms. The van der Waals surface area contributed by atoms with Gasteiger partial charge < -0.3 is 15.5 Å². The lowest BCUT2D eigenvalue weighted by Gasteiger charge is -2.06. The van der Waals surface area contributed by atoms with E-state index >= 15 is 0 Å². The van der Waals surface area contributed by atoms with E-state index in [-0.39, 0.29) is 6.54 Å². The molecule has 1 atom stereocenters. The molecule has 0 aromatic carbocycles. The van der Waals surface area contributed by atoms with Crippen LogP contribution in [0.5, 0.6) is 0 Å². The van der Waals surface area contributed by atoms with Gasteiger partial charge in [-0.3, -0.25) is 4.79 Å². The maximum Gasteiger partial charge on any atom is 0.251 e. The summed E-state index contributed by atoms with van der Waals surface area (Å²) in [5.41, 5.74) is 0. The molecule has 0 saturated heterocycles. The van der Waals surface area contributed by atoms with Gasteiger partial charge in [0.05, 0.1) is 12.7 Å². The zero-order valence-electron chi connectivity index (χ0n) is 5.38. The zero-order chi connectivity index (χ0) is 7.98. The number of rotatable bonds is 4. The van der Waals surface area contributed by atoms with Crippen molar-refractivity contribution in [3.8, 4) is 0 Å². The van der Waals surface area contributed by atoms with Gasteiger partial charge in [0.1, 0.15) is 0 Å². The Labute approximate surface area is 57.7 Å². The third kappa shape index (κ3) is 4.22. The summed E-state index contributed by atoms with van der Waals surface area (Å²) in [5.74, 6) is -0.785. The lowest BCUT2D eigenvalue weighted by molar-refractivity contribution is -0.122.